The van der Waals surface area contributed by atoms with Crippen molar-refractivity contribution in [2.24, 2.45) is 0 Å². The second-order valence-corrected chi connectivity index (χ2v) is 5.35. The van der Waals surface area contributed by atoms with Crippen molar-refractivity contribution in [3.05, 3.63) is 32.6 Å². The Morgan fingerprint density at radius 1 is 1.43 bits per heavy atom. The minimum Gasteiger partial charge on any atom is -0.478 e. The average molecular weight is 292 g/mol. The van der Waals surface area contributed by atoms with Crippen LogP contribution in [0.25, 0.3) is 10.1 Å². The molecule has 0 aliphatic heterocycles. The van der Waals surface area contributed by atoms with Crippen molar-refractivity contribution in [2.45, 2.75) is 0 Å². The summed E-state index contributed by atoms with van der Waals surface area (Å²) in [5, 5.41) is 9.65. The largest absolute Gasteiger partial charge is 0.478 e. The molecule has 0 saturated heterocycles. The van der Waals surface area contributed by atoms with Crippen LogP contribution in [0.4, 0.5) is 0 Å². The molecule has 0 saturated carbocycles. The minimum atomic E-state index is -0.939. The van der Waals surface area contributed by atoms with Gasteiger partial charge in [0.05, 0.1) is 9.90 Å². The van der Waals surface area contributed by atoms with Crippen LogP contribution >= 0.6 is 38.9 Å². The molecular weight excluding hydrogens is 288 g/mol. The van der Waals surface area contributed by atoms with Crippen LogP contribution in [0.2, 0.25) is 4.34 Å². The lowest BCUT2D eigenvalue weighted by Crippen LogP contribution is -1.96. The van der Waals surface area contributed by atoms with Crippen LogP contribution in [0.1, 0.15) is 10.4 Å². The number of carboxylic acids is 1. The number of aromatic carboxylic acids is 1. The molecule has 5 heteroatoms. The Bertz CT molecular complexity index is 521. The van der Waals surface area contributed by atoms with Crippen molar-refractivity contribution in [1.29, 1.82) is 0 Å². The molecule has 1 aromatic heterocycles. The van der Waals surface area contributed by atoms with Gasteiger partial charge in [0.2, 0.25) is 0 Å². The van der Waals surface area contributed by atoms with Crippen molar-refractivity contribution < 1.29 is 9.90 Å². The molecule has 2 aromatic rings. The minimum absolute atomic E-state index is 0.275. The maximum Gasteiger partial charge on any atom is 0.336 e. The van der Waals surface area contributed by atoms with Crippen LogP contribution in [0.15, 0.2) is 22.7 Å². The number of carboxylic acid groups (broad SMARTS) is 1. The van der Waals surface area contributed by atoms with Crippen molar-refractivity contribution in [2.75, 3.05) is 0 Å². The third-order valence-electron chi connectivity index (χ3n) is 1.80. The summed E-state index contributed by atoms with van der Waals surface area (Å²) in [6.07, 6.45) is 0. The summed E-state index contributed by atoms with van der Waals surface area (Å²) in [5.41, 5.74) is 0.275. The predicted octanol–water partition coefficient (Wildman–Crippen LogP) is 4.02. The van der Waals surface area contributed by atoms with Gasteiger partial charge in [0.25, 0.3) is 0 Å². The molecule has 0 atom stereocenters. The summed E-state index contributed by atoms with van der Waals surface area (Å²) in [4.78, 5) is 10.9. The quantitative estimate of drug-likeness (QED) is 0.862. The zero-order valence-corrected chi connectivity index (χ0v) is 9.91. The Balaban J connectivity index is 2.85. The van der Waals surface area contributed by atoms with E-state index in [2.05, 4.69) is 15.9 Å². The summed E-state index contributed by atoms with van der Waals surface area (Å²) in [6, 6.07) is 5.11. The Labute approximate surface area is 97.2 Å². The van der Waals surface area contributed by atoms with Gasteiger partial charge in [-0.05, 0) is 18.2 Å². The zero-order valence-electron chi connectivity index (χ0n) is 6.75. The molecule has 0 fully saturated rings. The van der Waals surface area contributed by atoms with Gasteiger partial charge in [0.15, 0.2) is 0 Å². The van der Waals surface area contributed by atoms with Crippen LogP contribution in [-0.4, -0.2) is 11.1 Å². The molecule has 0 spiro atoms. The maximum absolute atomic E-state index is 10.9. The Hall–Kier alpha value is -0.580. The molecule has 2 nitrogen and oxygen atoms in total. The molecule has 72 valence electrons. The fourth-order valence-corrected chi connectivity index (χ4v) is 3.07. The second kappa shape index (κ2) is 3.53. The molecule has 1 heterocycles. The number of carbonyl (C=O) groups is 1. The first-order valence-corrected chi connectivity index (χ1v) is 5.68. The van der Waals surface area contributed by atoms with Gasteiger partial charge in [-0.3, -0.25) is 0 Å². The number of fused-ring (bicyclic) bond motifs is 1. The average Bonchev–Trinajstić information content (AvgIpc) is 2.42. The zero-order chi connectivity index (χ0) is 10.3. The number of hydrogen-bond donors (Lipinski definition) is 1. The molecule has 0 amide bonds. The highest BCUT2D eigenvalue weighted by atomic mass is 79.9. The van der Waals surface area contributed by atoms with E-state index >= 15 is 0 Å². The Morgan fingerprint density at radius 3 is 2.79 bits per heavy atom. The van der Waals surface area contributed by atoms with Gasteiger partial charge in [-0.1, -0.05) is 27.5 Å². The summed E-state index contributed by atoms with van der Waals surface area (Å²) in [7, 11) is 0. The highest BCUT2D eigenvalue weighted by Crippen LogP contribution is 2.34. The lowest BCUT2D eigenvalue weighted by Gasteiger charge is -1.97. The molecule has 2 rings (SSSR count). The normalized spacial score (nSPS) is 10.7. The summed E-state index contributed by atoms with van der Waals surface area (Å²) in [5.74, 6) is -0.939. The van der Waals surface area contributed by atoms with Gasteiger partial charge in [-0.15, -0.1) is 11.3 Å². The third-order valence-corrected chi connectivity index (χ3v) is 3.47. The topological polar surface area (TPSA) is 37.3 Å². The molecule has 1 aromatic carbocycles. The molecule has 0 unspecified atom stereocenters. The van der Waals surface area contributed by atoms with E-state index in [9.17, 15) is 4.79 Å². The number of hydrogen-bond acceptors (Lipinski definition) is 2. The van der Waals surface area contributed by atoms with Gasteiger partial charge in [-0.25, -0.2) is 4.79 Å². The van der Waals surface area contributed by atoms with Gasteiger partial charge in [0.1, 0.15) is 0 Å². The Morgan fingerprint density at radius 2 is 2.14 bits per heavy atom. The maximum atomic E-state index is 10.9. The van der Waals surface area contributed by atoms with E-state index in [0.29, 0.717) is 9.72 Å². The first kappa shape index (κ1) is 9.96. The van der Waals surface area contributed by atoms with Gasteiger partial charge >= 0.3 is 5.97 Å². The number of rotatable bonds is 1. The summed E-state index contributed by atoms with van der Waals surface area (Å²) in [6.45, 7) is 0. The van der Waals surface area contributed by atoms with E-state index in [1.54, 1.807) is 12.1 Å². The summed E-state index contributed by atoms with van der Waals surface area (Å²) >= 11 is 10.5. The second-order valence-electron chi connectivity index (χ2n) is 2.72. The molecule has 0 radical (unpaired) electrons. The molecule has 0 bridgehead atoms. The van der Waals surface area contributed by atoms with Crippen LogP contribution in [0, 0.1) is 0 Å². The molecule has 0 aliphatic rings. The highest BCUT2D eigenvalue weighted by molar-refractivity contribution is 9.10. The van der Waals surface area contributed by atoms with E-state index in [4.69, 9.17) is 16.7 Å². The lowest BCUT2D eigenvalue weighted by atomic mass is 10.1. The van der Waals surface area contributed by atoms with E-state index < -0.39 is 5.97 Å². The van der Waals surface area contributed by atoms with E-state index in [0.717, 1.165) is 9.17 Å². The third kappa shape index (κ3) is 1.65. The first-order valence-electron chi connectivity index (χ1n) is 3.70. The van der Waals surface area contributed by atoms with Gasteiger partial charge in [0, 0.05) is 14.6 Å². The van der Waals surface area contributed by atoms with E-state index in [1.165, 1.54) is 11.3 Å². The van der Waals surface area contributed by atoms with Crippen LogP contribution in [-0.2, 0) is 0 Å². The SMILES string of the molecule is O=C(O)c1cc(Br)cc2sc(Cl)cc12. The van der Waals surface area contributed by atoms with Crippen molar-refractivity contribution >= 4 is 54.9 Å². The number of thiophene rings is 1. The fourth-order valence-electron chi connectivity index (χ4n) is 1.25. The monoisotopic (exact) mass is 290 g/mol. The van der Waals surface area contributed by atoms with Crippen molar-refractivity contribution in [1.82, 2.24) is 0 Å². The van der Waals surface area contributed by atoms with Crippen LogP contribution < -0.4 is 0 Å². The van der Waals surface area contributed by atoms with Crippen LogP contribution in [0.5, 0.6) is 0 Å². The lowest BCUT2D eigenvalue weighted by molar-refractivity contribution is 0.0699. The molecule has 1 N–H and O–H groups in total. The highest BCUT2D eigenvalue weighted by Gasteiger charge is 2.12. The van der Waals surface area contributed by atoms with E-state index in [1.807, 2.05) is 6.07 Å². The standard InChI is InChI=1S/C9H4BrClO2S/c10-4-1-6(9(12)13)5-3-8(11)14-7(5)2-4/h1-3H,(H,12,13). The van der Waals surface area contributed by atoms with Crippen molar-refractivity contribution in [3.8, 4) is 0 Å². The van der Waals surface area contributed by atoms with Gasteiger partial charge < -0.3 is 5.11 Å². The first-order chi connectivity index (χ1) is 6.58. The van der Waals surface area contributed by atoms with Crippen LogP contribution in [0.3, 0.4) is 0 Å². The molecule has 14 heavy (non-hydrogen) atoms. The fraction of sp³-hybridized carbons (Fsp3) is 0. The van der Waals surface area contributed by atoms with Crippen molar-refractivity contribution in [3.63, 3.8) is 0 Å². The molecular formula is C9H4BrClO2S. The molecule has 0 aliphatic carbocycles. The number of halogens is 2. The number of benzene rings is 1. The van der Waals surface area contributed by atoms with E-state index in [-0.39, 0.29) is 5.56 Å². The van der Waals surface area contributed by atoms with Gasteiger partial charge in [-0.2, -0.15) is 0 Å². The summed E-state index contributed by atoms with van der Waals surface area (Å²) < 4.78 is 2.23. The smallest absolute Gasteiger partial charge is 0.336 e. The predicted molar refractivity (Wildman–Crippen MR) is 61.5 cm³/mol. The Kier molecular flexibility index (Phi) is 2.51.